The predicted molar refractivity (Wildman–Crippen MR) is 225 cm³/mol. The van der Waals surface area contributed by atoms with Crippen molar-refractivity contribution in [3.05, 3.63) is 78.7 Å². The van der Waals surface area contributed by atoms with Gasteiger partial charge in [0.1, 0.15) is 0 Å². The summed E-state index contributed by atoms with van der Waals surface area (Å²) < 4.78 is 13.9. The van der Waals surface area contributed by atoms with Crippen LogP contribution in [0.25, 0.3) is 0 Å². The van der Waals surface area contributed by atoms with Gasteiger partial charge in [0.05, 0.1) is 12.2 Å². The van der Waals surface area contributed by atoms with Gasteiger partial charge in [0, 0.05) is 37.8 Å². The molecule has 1 saturated carbocycles. The molecule has 1 aromatic rings. The summed E-state index contributed by atoms with van der Waals surface area (Å²) in [4.78, 5) is 6.71. The maximum Gasteiger partial charge on any atom is 0.169 e. The smallest absolute Gasteiger partial charge is 0.169 e. The van der Waals surface area contributed by atoms with Crippen molar-refractivity contribution < 1.29 is 9.47 Å². The molecule has 4 nitrogen and oxygen atoms in total. The molecule has 1 aromatic heterocycles. The molecule has 0 aromatic carbocycles. The summed E-state index contributed by atoms with van der Waals surface area (Å²) in [6, 6.07) is 4.82. The lowest BCUT2D eigenvalue weighted by Gasteiger charge is -2.32. The lowest BCUT2D eigenvalue weighted by molar-refractivity contribution is -0.193. The molecular weight excluding hydrogens is 637 g/mol. The van der Waals surface area contributed by atoms with E-state index in [1.54, 1.807) is 0 Å². The zero-order valence-electron chi connectivity index (χ0n) is 34.2. The first kappa shape index (κ1) is 44.4. The van der Waals surface area contributed by atoms with E-state index in [4.69, 9.17) is 9.47 Å². The molecule has 0 N–H and O–H groups in total. The van der Waals surface area contributed by atoms with E-state index >= 15 is 0 Å². The Labute approximate surface area is 322 Å². The van der Waals surface area contributed by atoms with Crippen molar-refractivity contribution in [2.45, 2.75) is 211 Å². The molecule has 4 heteroatoms. The van der Waals surface area contributed by atoms with Crippen LogP contribution in [0.4, 0.5) is 0 Å². The van der Waals surface area contributed by atoms with E-state index in [9.17, 15) is 0 Å². The Morgan fingerprint density at radius 3 is 1.48 bits per heavy atom. The fourth-order valence-corrected chi connectivity index (χ4v) is 7.91. The minimum Gasteiger partial charge on any atom is -0.344 e. The van der Waals surface area contributed by atoms with Gasteiger partial charge in [-0.25, -0.2) is 0 Å². The van der Waals surface area contributed by atoms with Crippen molar-refractivity contribution in [3.63, 3.8) is 0 Å². The van der Waals surface area contributed by atoms with Crippen LogP contribution in [0.15, 0.2) is 73.1 Å². The molecule has 0 radical (unpaired) electrons. The molecular formula is C48H80N2O2. The molecule has 2 heterocycles. The number of unbranched alkanes of at least 4 members (excludes halogenated alkanes) is 16. The van der Waals surface area contributed by atoms with Crippen LogP contribution in [0, 0.1) is 0 Å². The van der Waals surface area contributed by atoms with Gasteiger partial charge in [0.2, 0.25) is 0 Å². The van der Waals surface area contributed by atoms with Crippen molar-refractivity contribution in [2.24, 2.45) is 0 Å². The number of pyridine rings is 1. The Balaban J connectivity index is 1.32. The molecule has 3 atom stereocenters. The van der Waals surface area contributed by atoms with Gasteiger partial charge in [-0.2, -0.15) is 0 Å². The third-order valence-electron chi connectivity index (χ3n) is 11.3. The van der Waals surface area contributed by atoms with Crippen LogP contribution in [0.5, 0.6) is 0 Å². The quantitative estimate of drug-likeness (QED) is 0.0549. The summed E-state index contributed by atoms with van der Waals surface area (Å²) in [6.07, 6.45) is 56.6. The van der Waals surface area contributed by atoms with Gasteiger partial charge in [-0.3, -0.25) is 4.98 Å². The molecule has 2 fully saturated rings. The first-order valence-electron chi connectivity index (χ1n) is 22.2. The van der Waals surface area contributed by atoms with E-state index in [-0.39, 0.29) is 18.0 Å². The zero-order valence-corrected chi connectivity index (χ0v) is 34.2. The van der Waals surface area contributed by atoms with Crippen LogP contribution in [0.3, 0.4) is 0 Å². The first-order chi connectivity index (χ1) is 25.7. The molecule has 1 aliphatic heterocycles. The molecule has 294 valence electrons. The standard InChI is InChI=1S/C48H80N2O2/c1-4-6-8-10-12-14-16-18-20-22-24-26-28-30-32-37-48(38-33-31-29-27-25-23-21-19-17-15-13-11-9-7-5-2)51-46-42-45(43-47(46)52-48)50(3)41-36-44-34-39-49-40-35-44/h10-13,16-19,34-35,39-40,45-47H,4-9,14-15,20-33,36-38,41-43H2,1-3H3/b12-10-,13-11-,18-16-,19-17-/t45-,46-,47+. The first-order valence-corrected chi connectivity index (χ1v) is 22.2. The SMILES string of the molecule is CCCC/C=C\C/C=C\CCCCCCCCC1(CCCCCCCC/C=C\C/C=C\CCCC)O[C@H]2C[C@H](N(C)CCc3ccncc3)C[C@H]2O1. The second kappa shape index (κ2) is 29.4. The molecule has 0 unspecified atom stereocenters. The number of hydrogen-bond donors (Lipinski definition) is 0. The highest BCUT2D eigenvalue weighted by Crippen LogP contribution is 2.44. The number of rotatable bonds is 32. The fraction of sp³-hybridized carbons (Fsp3) is 0.729. The van der Waals surface area contributed by atoms with Crippen molar-refractivity contribution in [3.8, 4) is 0 Å². The van der Waals surface area contributed by atoms with Crippen LogP contribution in [-0.2, 0) is 15.9 Å². The second-order valence-electron chi connectivity index (χ2n) is 15.9. The van der Waals surface area contributed by atoms with Crippen molar-refractivity contribution in [1.82, 2.24) is 9.88 Å². The van der Waals surface area contributed by atoms with Gasteiger partial charge in [-0.05, 0) is 108 Å². The minimum absolute atomic E-state index is 0.258. The zero-order chi connectivity index (χ0) is 36.8. The maximum atomic E-state index is 6.97. The van der Waals surface area contributed by atoms with Crippen molar-refractivity contribution in [2.75, 3.05) is 13.6 Å². The molecule has 0 bridgehead atoms. The van der Waals surface area contributed by atoms with E-state index in [0.717, 1.165) is 51.5 Å². The molecule has 0 spiro atoms. The Morgan fingerprint density at radius 1 is 0.596 bits per heavy atom. The summed E-state index contributed by atoms with van der Waals surface area (Å²) >= 11 is 0. The van der Waals surface area contributed by atoms with Crippen LogP contribution in [0.2, 0.25) is 0 Å². The lowest BCUT2D eigenvalue weighted by atomic mass is 9.98. The van der Waals surface area contributed by atoms with Gasteiger partial charge in [-0.1, -0.05) is 140 Å². The third-order valence-corrected chi connectivity index (χ3v) is 11.3. The van der Waals surface area contributed by atoms with Crippen molar-refractivity contribution in [1.29, 1.82) is 0 Å². The normalized spacial score (nSPS) is 20.2. The number of ether oxygens (including phenoxy) is 2. The average molecular weight is 717 g/mol. The van der Waals surface area contributed by atoms with Crippen LogP contribution in [0.1, 0.15) is 186 Å². The maximum absolute atomic E-state index is 6.97. The lowest BCUT2D eigenvalue weighted by Crippen LogP contribution is -2.36. The highest BCUT2D eigenvalue weighted by atomic mass is 16.8. The second-order valence-corrected chi connectivity index (χ2v) is 15.9. The predicted octanol–water partition coefficient (Wildman–Crippen LogP) is 13.8. The van der Waals surface area contributed by atoms with Gasteiger partial charge in [0.15, 0.2) is 5.79 Å². The number of hydrogen-bond acceptors (Lipinski definition) is 4. The number of fused-ring (bicyclic) bond motifs is 1. The van der Waals surface area contributed by atoms with Crippen LogP contribution in [-0.4, -0.2) is 47.5 Å². The fourth-order valence-electron chi connectivity index (χ4n) is 7.91. The molecule has 0 amide bonds. The Bertz CT molecular complexity index is 1030. The summed E-state index contributed by atoms with van der Waals surface area (Å²) in [6.45, 7) is 5.58. The van der Waals surface area contributed by atoms with Gasteiger partial charge in [-0.15, -0.1) is 0 Å². The molecule has 2 aliphatic rings. The topological polar surface area (TPSA) is 34.6 Å². The van der Waals surface area contributed by atoms with E-state index in [0.29, 0.717) is 6.04 Å². The Kier molecular flexibility index (Phi) is 25.1. The molecule has 1 aliphatic carbocycles. The number of allylic oxidation sites excluding steroid dienone is 8. The molecule has 52 heavy (non-hydrogen) atoms. The highest BCUT2D eigenvalue weighted by molar-refractivity contribution is 5.10. The van der Waals surface area contributed by atoms with Gasteiger partial charge >= 0.3 is 0 Å². The molecule has 3 rings (SSSR count). The number of aromatic nitrogens is 1. The number of nitrogens with zero attached hydrogens (tertiary/aromatic N) is 2. The summed E-state index contributed by atoms with van der Waals surface area (Å²) in [5.74, 6) is -0.346. The minimum atomic E-state index is -0.346. The van der Waals surface area contributed by atoms with E-state index in [1.165, 1.54) is 134 Å². The van der Waals surface area contributed by atoms with Crippen LogP contribution < -0.4 is 0 Å². The summed E-state index contributed by atoms with van der Waals surface area (Å²) in [5.41, 5.74) is 1.36. The summed E-state index contributed by atoms with van der Waals surface area (Å²) in [5, 5.41) is 0. The van der Waals surface area contributed by atoms with E-state index in [1.807, 2.05) is 12.4 Å². The van der Waals surface area contributed by atoms with Gasteiger partial charge in [0.25, 0.3) is 0 Å². The molecule has 1 saturated heterocycles. The monoisotopic (exact) mass is 717 g/mol. The Morgan fingerprint density at radius 2 is 1.02 bits per heavy atom. The van der Waals surface area contributed by atoms with E-state index < -0.39 is 0 Å². The number of likely N-dealkylation sites (N-methyl/N-ethyl adjacent to an activating group) is 1. The van der Waals surface area contributed by atoms with Crippen molar-refractivity contribution >= 4 is 0 Å². The largest absolute Gasteiger partial charge is 0.344 e. The third kappa shape index (κ3) is 19.9. The highest BCUT2D eigenvalue weighted by Gasteiger charge is 2.51. The average Bonchev–Trinajstić information content (AvgIpc) is 3.71. The Hall–Kier alpha value is -2.01. The van der Waals surface area contributed by atoms with Crippen LogP contribution >= 0.6 is 0 Å². The van der Waals surface area contributed by atoms with Gasteiger partial charge < -0.3 is 14.4 Å². The summed E-state index contributed by atoms with van der Waals surface area (Å²) in [7, 11) is 2.28. The van der Waals surface area contributed by atoms with E-state index in [2.05, 4.69) is 91.5 Å².